The van der Waals surface area contributed by atoms with E-state index in [4.69, 9.17) is 17.2 Å². The van der Waals surface area contributed by atoms with Gasteiger partial charge in [0.2, 0.25) is 0 Å². The molecule has 31 heavy (non-hydrogen) atoms. The predicted octanol–water partition coefficient (Wildman–Crippen LogP) is 6.94. The van der Waals surface area contributed by atoms with E-state index in [9.17, 15) is 0 Å². The fourth-order valence-electron chi connectivity index (χ4n) is 3.84. The summed E-state index contributed by atoms with van der Waals surface area (Å²) in [4.78, 5) is 4.90. The zero-order valence-electron chi connectivity index (χ0n) is 17.4. The van der Waals surface area contributed by atoms with Crippen molar-refractivity contribution in [2.75, 3.05) is 0 Å². The van der Waals surface area contributed by atoms with Gasteiger partial charge in [-0.1, -0.05) is 74.5 Å². The summed E-state index contributed by atoms with van der Waals surface area (Å²) in [6, 6.07) is 29.0. The third kappa shape index (κ3) is 3.57. The lowest BCUT2D eigenvalue weighted by Gasteiger charge is -2.12. The second-order valence-electron chi connectivity index (χ2n) is 7.87. The maximum absolute atomic E-state index is 5.62. The summed E-state index contributed by atoms with van der Waals surface area (Å²) in [5.41, 5.74) is 6.17. The molecule has 0 fully saturated rings. The van der Waals surface area contributed by atoms with E-state index in [2.05, 4.69) is 72.6 Å². The molecule has 0 spiro atoms. The minimum absolute atomic E-state index is 0.475. The summed E-state index contributed by atoms with van der Waals surface area (Å²) in [7, 11) is 0. The van der Waals surface area contributed by atoms with Gasteiger partial charge in [-0.2, -0.15) is 5.10 Å². The molecular weight excluding hydrogens is 400 g/mol. The summed E-state index contributed by atoms with van der Waals surface area (Å²) < 4.78 is 2.56. The average Bonchev–Trinajstić information content (AvgIpc) is 3.20. The van der Waals surface area contributed by atoms with Crippen LogP contribution in [-0.4, -0.2) is 19.7 Å². The summed E-state index contributed by atoms with van der Waals surface area (Å²) in [6.07, 6.45) is 0. The van der Waals surface area contributed by atoms with E-state index in [1.165, 1.54) is 5.56 Å². The van der Waals surface area contributed by atoms with Crippen LogP contribution in [0.2, 0.25) is 0 Å². The Hall–Kier alpha value is -3.57. The van der Waals surface area contributed by atoms with Crippen molar-refractivity contribution in [3.05, 3.63) is 95.3 Å². The Bertz CT molecular complexity index is 1410. The second-order valence-corrected chi connectivity index (χ2v) is 8.26. The molecule has 0 aliphatic heterocycles. The van der Waals surface area contributed by atoms with Crippen LogP contribution in [0.4, 0.5) is 0 Å². The van der Waals surface area contributed by atoms with Crippen LogP contribution in [0.1, 0.15) is 25.3 Å². The van der Waals surface area contributed by atoms with Gasteiger partial charge in [0.05, 0.1) is 11.2 Å². The highest BCUT2D eigenvalue weighted by molar-refractivity contribution is 7.71. The number of rotatable bonds is 4. The molecule has 0 atom stereocenters. The summed E-state index contributed by atoms with van der Waals surface area (Å²) in [5, 5.41) is 8.65. The van der Waals surface area contributed by atoms with Crippen molar-refractivity contribution in [1.29, 1.82) is 0 Å². The normalized spacial score (nSPS) is 11.3. The zero-order chi connectivity index (χ0) is 21.4. The molecule has 152 valence electrons. The molecule has 5 aromatic rings. The molecular formula is C26H22N4S. The first kappa shape index (κ1) is 19.4. The van der Waals surface area contributed by atoms with Gasteiger partial charge in [-0.3, -0.25) is 9.67 Å². The van der Waals surface area contributed by atoms with E-state index < -0.39 is 0 Å². The first-order valence-corrected chi connectivity index (χ1v) is 10.8. The number of hydrogen-bond donors (Lipinski definition) is 1. The lowest BCUT2D eigenvalue weighted by atomic mass is 10.0. The number of nitrogens with zero attached hydrogens (tertiary/aromatic N) is 3. The number of para-hydroxylation sites is 1. The predicted molar refractivity (Wildman–Crippen MR) is 129 cm³/mol. The third-order valence-electron chi connectivity index (χ3n) is 5.52. The molecule has 2 heterocycles. The van der Waals surface area contributed by atoms with Crippen LogP contribution in [-0.2, 0) is 0 Å². The Balaban J connectivity index is 1.75. The van der Waals surface area contributed by atoms with E-state index in [-0.39, 0.29) is 0 Å². The number of fused-ring (bicyclic) bond motifs is 1. The topological polar surface area (TPSA) is 46.5 Å². The number of hydrogen-bond acceptors (Lipinski definition) is 3. The van der Waals surface area contributed by atoms with Crippen molar-refractivity contribution in [1.82, 2.24) is 19.7 Å². The fourth-order valence-corrected chi connectivity index (χ4v) is 4.08. The number of pyridine rings is 1. The van der Waals surface area contributed by atoms with Gasteiger partial charge in [0.25, 0.3) is 0 Å². The number of aromatic amines is 1. The fraction of sp³-hybridized carbons (Fsp3) is 0.115. The number of nitrogens with one attached hydrogen (secondary N) is 1. The summed E-state index contributed by atoms with van der Waals surface area (Å²) in [6.45, 7) is 4.39. The quantitative estimate of drug-likeness (QED) is 0.319. The largest absolute Gasteiger partial charge is 0.268 e. The van der Waals surface area contributed by atoms with Crippen LogP contribution in [0.5, 0.6) is 0 Å². The molecule has 5 heteroatoms. The highest BCUT2D eigenvalue weighted by Crippen LogP contribution is 2.32. The molecule has 0 saturated heterocycles. The molecule has 0 radical (unpaired) electrons. The molecule has 1 N–H and O–H groups in total. The minimum Gasteiger partial charge on any atom is -0.268 e. The average molecular weight is 423 g/mol. The molecule has 0 unspecified atom stereocenters. The first-order chi connectivity index (χ1) is 15.1. The highest BCUT2D eigenvalue weighted by atomic mass is 32.1. The van der Waals surface area contributed by atoms with E-state index in [0.29, 0.717) is 10.7 Å². The Morgan fingerprint density at radius 3 is 2.32 bits per heavy atom. The SMILES string of the molecule is CC(C)c1ccc(-n2c(-c3cc(-c4ccccc4)nc4ccccc34)n[nH]c2=S)cc1. The van der Waals surface area contributed by atoms with Gasteiger partial charge in [0.1, 0.15) is 0 Å². The van der Waals surface area contributed by atoms with Crippen molar-refractivity contribution in [3.63, 3.8) is 0 Å². The highest BCUT2D eigenvalue weighted by Gasteiger charge is 2.16. The number of benzene rings is 3. The lowest BCUT2D eigenvalue weighted by Crippen LogP contribution is -2.00. The van der Waals surface area contributed by atoms with Crippen molar-refractivity contribution >= 4 is 23.1 Å². The van der Waals surface area contributed by atoms with Crippen molar-refractivity contribution in [2.24, 2.45) is 0 Å². The smallest absolute Gasteiger partial charge is 0.200 e. The molecule has 4 nitrogen and oxygen atoms in total. The van der Waals surface area contributed by atoms with Gasteiger partial charge in [-0.15, -0.1) is 0 Å². The van der Waals surface area contributed by atoms with Gasteiger partial charge >= 0.3 is 0 Å². The summed E-state index contributed by atoms with van der Waals surface area (Å²) in [5.74, 6) is 1.25. The molecule has 0 saturated carbocycles. The van der Waals surface area contributed by atoms with Gasteiger partial charge in [-0.05, 0) is 48.0 Å². The number of aromatic nitrogens is 4. The zero-order valence-corrected chi connectivity index (χ0v) is 18.2. The van der Waals surface area contributed by atoms with Gasteiger partial charge in [0.15, 0.2) is 10.6 Å². The molecule has 0 aliphatic carbocycles. The Morgan fingerprint density at radius 1 is 0.871 bits per heavy atom. The van der Waals surface area contributed by atoms with Crippen LogP contribution in [0.25, 0.3) is 39.2 Å². The lowest BCUT2D eigenvalue weighted by molar-refractivity contribution is 0.865. The van der Waals surface area contributed by atoms with E-state index in [0.717, 1.165) is 39.2 Å². The molecule has 2 aromatic heterocycles. The molecule has 0 amide bonds. The van der Waals surface area contributed by atoms with Crippen LogP contribution in [0, 0.1) is 4.77 Å². The third-order valence-corrected chi connectivity index (χ3v) is 5.79. The van der Waals surface area contributed by atoms with Crippen LogP contribution < -0.4 is 0 Å². The second kappa shape index (κ2) is 7.93. The molecule has 3 aromatic carbocycles. The van der Waals surface area contributed by atoms with Gasteiger partial charge < -0.3 is 0 Å². The monoisotopic (exact) mass is 422 g/mol. The Labute approximate surface area is 186 Å². The standard InChI is InChI=1S/C26H22N4S/c1-17(2)18-12-14-20(15-13-18)30-25(28-29-26(30)31)22-16-24(19-8-4-3-5-9-19)27-23-11-7-6-10-21(22)23/h3-17H,1-2H3,(H,29,31). The maximum atomic E-state index is 5.62. The van der Waals surface area contributed by atoms with Gasteiger partial charge in [0, 0.05) is 22.2 Å². The first-order valence-electron chi connectivity index (χ1n) is 10.3. The molecule has 0 bridgehead atoms. The summed E-state index contributed by atoms with van der Waals surface area (Å²) >= 11 is 5.62. The van der Waals surface area contributed by atoms with E-state index >= 15 is 0 Å². The van der Waals surface area contributed by atoms with Crippen LogP contribution >= 0.6 is 12.2 Å². The van der Waals surface area contributed by atoms with Gasteiger partial charge in [-0.25, -0.2) is 4.98 Å². The van der Waals surface area contributed by atoms with E-state index in [1.807, 2.05) is 41.0 Å². The maximum Gasteiger partial charge on any atom is 0.200 e. The van der Waals surface area contributed by atoms with Crippen LogP contribution in [0.3, 0.4) is 0 Å². The van der Waals surface area contributed by atoms with E-state index in [1.54, 1.807) is 0 Å². The van der Waals surface area contributed by atoms with Crippen molar-refractivity contribution < 1.29 is 0 Å². The van der Waals surface area contributed by atoms with Crippen molar-refractivity contribution in [2.45, 2.75) is 19.8 Å². The minimum atomic E-state index is 0.475. The number of H-pyrrole nitrogens is 1. The Morgan fingerprint density at radius 2 is 1.58 bits per heavy atom. The van der Waals surface area contributed by atoms with Crippen LogP contribution in [0.15, 0.2) is 84.9 Å². The van der Waals surface area contributed by atoms with Crippen molar-refractivity contribution in [3.8, 4) is 28.3 Å². The molecule has 0 aliphatic rings. The molecule has 5 rings (SSSR count). The Kier molecular flexibility index (Phi) is 4.96.